The number of fused-ring (bicyclic) bond motifs is 2. The Labute approximate surface area is 164 Å². The van der Waals surface area contributed by atoms with Crippen molar-refractivity contribution in [3.63, 3.8) is 0 Å². The van der Waals surface area contributed by atoms with Crippen LogP contribution in [-0.4, -0.2) is 40.9 Å². The number of aryl methyl sites for hydroxylation is 1. The molecule has 0 saturated carbocycles. The zero-order chi connectivity index (χ0) is 19.5. The third kappa shape index (κ3) is 3.75. The Hall–Kier alpha value is -3.19. The Balaban J connectivity index is 1.61. The van der Waals surface area contributed by atoms with Gasteiger partial charge in [0.05, 0.1) is 13.7 Å². The van der Waals surface area contributed by atoms with E-state index < -0.39 is 0 Å². The van der Waals surface area contributed by atoms with Crippen LogP contribution in [-0.2, 0) is 13.0 Å². The number of ether oxygens (including phenoxy) is 1. The van der Waals surface area contributed by atoms with E-state index in [-0.39, 0.29) is 5.95 Å². The van der Waals surface area contributed by atoms with Gasteiger partial charge >= 0.3 is 0 Å². The molecule has 144 valence electrons. The van der Waals surface area contributed by atoms with Crippen molar-refractivity contribution >= 4 is 28.5 Å². The van der Waals surface area contributed by atoms with E-state index in [0.717, 1.165) is 31.3 Å². The molecule has 7 nitrogen and oxygen atoms in total. The first-order chi connectivity index (χ1) is 13.6. The van der Waals surface area contributed by atoms with E-state index in [4.69, 9.17) is 16.2 Å². The number of rotatable bonds is 4. The maximum Gasteiger partial charge on any atom is 0.222 e. The summed E-state index contributed by atoms with van der Waals surface area (Å²) in [5, 5.41) is 0.762. The van der Waals surface area contributed by atoms with E-state index in [2.05, 4.69) is 44.1 Å². The second-order valence-corrected chi connectivity index (χ2v) is 6.95. The normalized spacial score (nSPS) is 15.2. The monoisotopic (exact) mass is 376 g/mol. The molecule has 3 aromatic rings. The first-order valence-electron chi connectivity index (χ1n) is 9.36. The van der Waals surface area contributed by atoms with Gasteiger partial charge in [0.1, 0.15) is 17.1 Å². The van der Waals surface area contributed by atoms with Crippen molar-refractivity contribution in [2.75, 3.05) is 25.9 Å². The number of aliphatic imine (C=N–C) groups is 1. The van der Waals surface area contributed by atoms with Crippen LogP contribution in [0.2, 0.25) is 0 Å². The minimum Gasteiger partial charge on any atom is -0.494 e. The van der Waals surface area contributed by atoms with Crippen LogP contribution < -0.4 is 16.2 Å². The lowest BCUT2D eigenvalue weighted by molar-refractivity contribution is 0.307. The summed E-state index contributed by atoms with van der Waals surface area (Å²) in [6.07, 6.45) is 2.20. The van der Waals surface area contributed by atoms with Crippen LogP contribution in [0.3, 0.4) is 0 Å². The summed E-state index contributed by atoms with van der Waals surface area (Å²) in [5.41, 5.74) is 15.6. The van der Waals surface area contributed by atoms with Gasteiger partial charge in [0.2, 0.25) is 5.95 Å². The standard InChI is InChI=1S/C21H24N6O/c1-28-17-10-4-9-16-19(17)25-21(23)26-20(16)24-18(22)13-27-11-5-8-14-6-2-3-7-15(14)12-27/h2-4,6-7,9-10H,5,8,11-13H2,1H3,(H4,22,23,24,25,26). The van der Waals surface area contributed by atoms with Crippen LogP contribution in [0, 0.1) is 0 Å². The molecular weight excluding hydrogens is 352 g/mol. The molecule has 0 bridgehead atoms. The Morgan fingerprint density at radius 2 is 1.96 bits per heavy atom. The quantitative estimate of drug-likeness (QED) is 0.536. The van der Waals surface area contributed by atoms with Crippen molar-refractivity contribution in [1.29, 1.82) is 0 Å². The summed E-state index contributed by atoms with van der Waals surface area (Å²) in [4.78, 5) is 15.5. The van der Waals surface area contributed by atoms with Crippen LogP contribution >= 0.6 is 0 Å². The number of benzene rings is 2. The first-order valence-corrected chi connectivity index (χ1v) is 9.36. The van der Waals surface area contributed by atoms with Gasteiger partial charge in [-0.1, -0.05) is 30.3 Å². The largest absolute Gasteiger partial charge is 0.494 e. The molecule has 0 aliphatic carbocycles. The average Bonchev–Trinajstić information content (AvgIpc) is 2.89. The van der Waals surface area contributed by atoms with Crippen molar-refractivity contribution < 1.29 is 4.74 Å². The van der Waals surface area contributed by atoms with E-state index >= 15 is 0 Å². The van der Waals surface area contributed by atoms with Crippen LogP contribution in [0.4, 0.5) is 11.8 Å². The number of anilines is 1. The number of amidine groups is 1. The Bertz CT molecular complexity index is 1030. The zero-order valence-electron chi connectivity index (χ0n) is 15.9. The Morgan fingerprint density at radius 1 is 1.14 bits per heavy atom. The van der Waals surface area contributed by atoms with Gasteiger partial charge in [-0.3, -0.25) is 4.90 Å². The van der Waals surface area contributed by atoms with E-state index in [1.807, 2.05) is 18.2 Å². The third-order valence-electron chi connectivity index (χ3n) is 4.97. The van der Waals surface area contributed by atoms with Gasteiger partial charge in [-0.2, -0.15) is 4.98 Å². The van der Waals surface area contributed by atoms with Gasteiger partial charge < -0.3 is 16.2 Å². The molecule has 0 spiro atoms. The van der Waals surface area contributed by atoms with Crippen molar-refractivity contribution in [3.8, 4) is 5.75 Å². The topological polar surface area (TPSA) is 103 Å². The number of aromatic nitrogens is 2. The number of nitrogens with zero attached hydrogens (tertiary/aromatic N) is 4. The summed E-state index contributed by atoms with van der Waals surface area (Å²) >= 11 is 0. The average molecular weight is 376 g/mol. The molecular formula is C21H24N6O. The highest BCUT2D eigenvalue weighted by atomic mass is 16.5. The summed E-state index contributed by atoms with van der Waals surface area (Å²) in [7, 11) is 1.60. The van der Waals surface area contributed by atoms with E-state index in [9.17, 15) is 0 Å². The van der Waals surface area contributed by atoms with Gasteiger partial charge in [0.25, 0.3) is 0 Å². The predicted octanol–water partition coefficient (Wildman–Crippen LogP) is 2.66. The lowest BCUT2D eigenvalue weighted by atomic mass is 10.0. The molecule has 4 N–H and O–H groups in total. The van der Waals surface area contributed by atoms with Crippen molar-refractivity contribution in [2.24, 2.45) is 10.7 Å². The lowest BCUT2D eigenvalue weighted by Crippen LogP contribution is -2.33. The Morgan fingerprint density at radius 3 is 2.79 bits per heavy atom. The van der Waals surface area contributed by atoms with Crippen LogP contribution in [0.1, 0.15) is 17.5 Å². The van der Waals surface area contributed by atoms with Crippen molar-refractivity contribution in [3.05, 3.63) is 53.6 Å². The number of hydrogen-bond donors (Lipinski definition) is 2. The van der Waals surface area contributed by atoms with Crippen molar-refractivity contribution in [1.82, 2.24) is 14.9 Å². The fourth-order valence-electron chi connectivity index (χ4n) is 3.68. The molecule has 0 amide bonds. The number of nitrogens with two attached hydrogens (primary N) is 2. The van der Waals surface area contributed by atoms with Crippen LogP contribution in [0.5, 0.6) is 5.75 Å². The summed E-state index contributed by atoms with van der Waals surface area (Å²) < 4.78 is 5.38. The Kier molecular flexibility index (Phi) is 5.08. The molecule has 2 heterocycles. The second kappa shape index (κ2) is 7.82. The first kappa shape index (κ1) is 18.2. The molecule has 28 heavy (non-hydrogen) atoms. The second-order valence-electron chi connectivity index (χ2n) is 6.95. The number of hydrogen-bond acceptors (Lipinski definition) is 6. The van der Waals surface area contributed by atoms with Gasteiger partial charge in [-0.15, -0.1) is 0 Å². The summed E-state index contributed by atoms with van der Waals surface area (Å²) in [6.45, 7) is 2.42. The molecule has 0 atom stereocenters. The lowest BCUT2D eigenvalue weighted by Gasteiger charge is -2.20. The van der Waals surface area contributed by atoms with Gasteiger partial charge in [-0.25, -0.2) is 9.98 Å². The molecule has 1 aromatic heterocycles. The fraction of sp³-hybridized carbons (Fsp3) is 0.286. The van der Waals surface area contributed by atoms with Gasteiger partial charge in [0, 0.05) is 11.9 Å². The zero-order valence-corrected chi connectivity index (χ0v) is 15.9. The van der Waals surface area contributed by atoms with Crippen molar-refractivity contribution in [2.45, 2.75) is 19.4 Å². The van der Waals surface area contributed by atoms with Gasteiger partial charge in [-0.05, 0) is 42.6 Å². The van der Waals surface area contributed by atoms with Crippen LogP contribution in [0.15, 0.2) is 47.5 Å². The summed E-state index contributed by atoms with van der Waals surface area (Å²) in [6, 6.07) is 14.2. The number of methoxy groups -OCH3 is 1. The summed E-state index contributed by atoms with van der Waals surface area (Å²) in [5.74, 6) is 1.74. The molecule has 0 unspecified atom stereocenters. The molecule has 0 radical (unpaired) electrons. The van der Waals surface area contributed by atoms with Crippen LogP contribution in [0.25, 0.3) is 10.9 Å². The minimum absolute atomic E-state index is 0.146. The minimum atomic E-state index is 0.146. The van der Waals surface area contributed by atoms with E-state index in [0.29, 0.717) is 29.5 Å². The predicted molar refractivity (Wildman–Crippen MR) is 112 cm³/mol. The fourth-order valence-corrected chi connectivity index (χ4v) is 3.68. The molecule has 0 saturated heterocycles. The molecule has 2 aromatic carbocycles. The molecule has 1 aliphatic heterocycles. The highest BCUT2D eigenvalue weighted by molar-refractivity contribution is 5.96. The maximum absolute atomic E-state index is 6.30. The number of nitrogen functional groups attached to an aromatic ring is 1. The highest BCUT2D eigenvalue weighted by Crippen LogP contribution is 2.30. The highest BCUT2D eigenvalue weighted by Gasteiger charge is 2.16. The third-order valence-corrected chi connectivity index (χ3v) is 4.97. The maximum atomic E-state index is 6.30. The van der Waals surface area contributed by atoms with Gasteiger partial charge in [0.15, 0.2) is 5.82 Å². The molecule has 7 heteroatoms. The smallest absolute Gasteiger partial charge is 0.222 e. The molecule has 0 fully saturated rings. The van der Waals surface area contributed by atoms with E-state index in [1.165, 1.54) is 11.1 Å². The molecule has 1 aliphatic rings. The van der Waals surface area contributed by atoms with E-state index in [1.54, 1.807) is 7.11 Å². The SMILES string of the molecule is COc1cccc2c(N=C(N)CN3CCCc4ccccc4C3)nc(N)nc12. The number of para-hydroxylation sites is 1. The molecule has 4 rings (SSSR count).